The van der Waals surface area contributed by atoms with Gasteiger partial charge < -0.3 is 10.6 Å². The zero-order valence-electron chi connectivity index (χ0n) is 18.9. The van der Waals surface area contributed by atoms with Crippen molar-refractivity contribution in [3.8, 4) is 6.07 Å². The molecular weight excluding hydrogens is 478 g/mol. The number of ketones is 1. The number of carbonyl (C=O) groups excluding carboxylic acids is 2. The minimum Gasteiger partial charge on any atom is -0.353 e. The van der Waals surface area contributed by atoms with Gasteiger partial charge in [0.2, 0.25) is 0 Å². The molecule has 0 spiro atoms. The van der Waals surface area contributed by atoms with E-state index in [0.29, 0.717) is 43.7 Å². The van der Waals surface area contributed by atoms with Crippen molar-refractivity contribution in [3.63, 3.8) is 0 Å². The number of hydrogen-bond acceptors (Lipinski definition) is 5. The summed E-state index contributed by atoms with van der Waals surface area (Å²) in [6.07, 6.45) is 0. The van der Waals surface area contributed by atoms with E-state index in [1.54, 1.807) is 43.3 Å². The van der Waals surface area contributed by atoms with Crippen molar-refractivity contribution < 1.29 is 9.59 Å². The largest absolute Gasteiger partial charge is 0.353 e. The van der Waals surface area contributed by atoms with Crippen LogP contribution >= 0.6 is 23.4 Å². The molecule has 3 aromatic rings. The molecule has 0 aliphatic carbocycles. The highest BCUT2D eigenvalue weighted by Gasteiger charge is 2.35. The van der Waals surface area contributed by atoms with E-state index < -0.39 is 5.92 Å². The second-order valence-electron chi connectivity index (χ2n) is 7.87. The van der Waals surface area contributed by atoms with Gasteiger partial charge in [-0.3, -0.25) is 9.59 Å². The number of Topliss-reactive ketones (excluding diaryl/α,β-unsaturated/α-hetero) is 1. The number of anilines is 1. The first-order valence-electron chi connectivity index (χ1n) is 10.9. The number of nitriles is 1. The molecule has 4 rings (SSSR count). The number of amides is 1. The van der Waals surface area contributed by atoms with Crippen molar-refractivity contribution in [3.05, 3.63) is 123 Å². The second-order valence-corrected chi connectivity index (χ2v) is 9.26. The van der Waals surface area contributed by atoms with Gasteiger partial charge in [-0.2, -0.15) is 5.26 Å². The van der Waals surface area contributed by atoms with Crippen LogP contribution in [0.5, 0.6) is 0 Å². The maximum atomic E-state index is 13.4. The molecule has 0 unspecified atom stereocenters. The van der Waals surface area contributed by atoms with Crippen molar-refractivity contribution in [2.75, 3.05) is 11.1 Å². The molecule has 0 saturated carbocycles. The number of benzene rings is 3. The molecule has 5 nitrogen and oxygen atoms in total. The van der Waals surface area contributed by atoms with Crippen LogP contribution in [-0.2, 0) is 4.79 Å². The van der Waals surface area contributed by atoms with Gasteiger partial charge in [0.1, 0.15) is 0 Å². The smallest absolute Gasteiger partial charge is 0.254 e. The van der Waals surface area contributed by atoms with Gasteiger partial charge in [-0.05, 0) is 30.7 Å². The summed E-state index contributed by atoms with van der Waals surface area (Å²) in [5.41, 5.74) is 3.24. The van der Waals surface area contributed by atoms with Crippen LogP contribution in [0.25, 0.3) is 0 Å². The molecule has 0 saturated heterocycles. The first-order chi connectivity index (χ1) is 17.0. The number of halogens is 1. The minimum absolute atomic E-state index is 0.0502. The first-order valence-corrected chi connectivity index (χ1v) is 12.3. The topological polar surface area (TPSA) is 82.0 Å². The van der Waals surface area contributed by atoms with Gasteiger partial charge in [-0.15, -0.1) is 0 Å². The molecule has 1 heterocycles. The van der Waals surface area contributed by atoms with Crippen LogP contribution in [0.15, 0.2) is 107 Å². The van der Waals surface area contributed by atoms with Gasteiger partial charge in [0, 0.05) is 27.5 Å². The second kappa shape index (κ2) is 11.1. The normalized spacial score (nSPS) is 15.3. The Balaban J connectivity index is 1.71. The molecule has 35 heavy (non-hydrogen) atoms. The van der Waals surface area contributed by atoms with E-state index in [2.05, 4.69) is 16.7 Å². The molecule has 1 aliphatic rings. The summed E-state index contributed by atoms with van der Waals surface area (Å²) in [5.74, 6) is -0.923. The van der Waals surface area contributed by atoms with E-state index in [0.717, 1.165) is 0 Å². The molecule has 0 fully saturated rings. The third-order valence-corrected chi connectivity index (χ3v) is 6.94. The number of hydrogen-bond donors (Lipinski definition) is 2. The molecule has 1 amide bonds. The fourth-order valence-electron chi connectivity index (χ4n) is 3.91. The van der Waals surface area contributed by atoms with Gasteiger partial charge in [0.05, 0.1) is 28.3 Å². The number of nitrogens with one attached hydrogen (secondary N) is 2. The molecule has 1 atom stereocenters. The van der Waals surface area contributed by atoms with E-state index in [-0.39, 0.29) is 17.4 Å². The maximum Gasteiger partial charge on any atom is 0.254 e. The number of para-hydroxylation sites is 1. The summed E-state index contributed by atoms with van der Waals surface area (Å²) in [5, 5.41) is 17.3. The van der Waals surface area contributed by atoms with Crippen molar-refractivity contribution in [2.24, 2.45) is 0 Å². The predicted molar refractivity (Wildman–Crippen MR) is 141 cm³/mol. The summed E-state index contributed by atoms with van der Waals surface area (Å²) in [4.78, 5) is 26.1. The highest BCUT2D eigenvalue weighted by Crippen LogP contribution is 2.43. The van der Waals surface area contributed by atoms with E-state index in [1.165, 1.54) is 11.8 Å². The van der Waals surface area contributed by atoms with Crippen LogP contribution < -0.4 is 10.6 Å². The molecule has 174 valence electrons. The van der Waals surface area contributed by atoms with Gasteiger partial charge >= 0.3 is 0 Å². The highest BCUT2D eigenvalue weighted by atomic mass is 35.5. The van der Waals surface area contributed by atoms with Crippen molar-refractivity contribution >= 4 is 40.7 Å². The quantitative estimate of drug-likeness (QED) is 0.373. The van der Waals surface area contributed by atoms with Gasteiger partial charge in [-0.1, -0.05) is 90.1 Å². The highest BCUT2D eigenvalue weighted by molar-refractivity contribution is 8.03. The molecule has 7 heteroatoms. The van der Waals surface area contributed by atoms with Crippen LogP contribution in [-0.4, -0.2) is 17.4 Å². The molecule has 0 bridgehead atoms. The van der Waals surface area contributed by atoms with Crippen LogP contribution in [0, 0.1) is 11.3 Å². The zero-order valence-corrected chi connectivity index (χ0v) is 20.5. The van der Waals surface area contributed by atoms with Gasteiger partial charge in [0.25, 0.3) is 5.91 Å². The van der Waals surface area contributed by atoms with E-state index in [9.17, 15) is 14.9 Å². The monoisotopic (exact) mass is 499 g/mol. The average molecular weight is 500 g/mol. The van der Waals surface area contributed by atoms with Gasteiger partial charge in [-0.25, -0.2) is 0 Å². The predicted octanol–water partition coefficient (Wildman–Crippen LogP) is 6.29. The Morgan fingerprint density at radius 3 is 2.29 bits per heavy atom. The number of dihydropyridines is 1. The zero-order chi connectivity index (χ0) is 24.8. The van der Waals surface area contributed by atoms with E-state index >= 15 is 0 Å². The fraction of sp³-hybridized carbons (Fsp3) is 0.107. The van der Waals surface area contributed by atoms with Crippen molar-refractivity contribution in [1.29, 1.82) is 5.26 Å². The lowest BCUT2D eigenvalue weighted by Crippen LogP contribution is -2.31. The Labute approximate surface area is 213 Å². The number of nitrogens with zero attached hydrogens (tertiary/aromatic N) is 1. The van der Waals surface area contributed by atoms with Crippen LogP contribution in [0.2, 0.25) is 5.02 Å². The Hall–Kier alpha value is -3.79. The third kappa shape index (κ3) is 5.48. The molecule has 1 aliphatic heterocycles. The average Bonchev–Trinajstić information content (AvgIpc) is 2.88. The number of rotatable bonds is 7. The number of carbonyl (C=O) groups is 2. The lowest BCUT2D eigenvalue weighted by molar-refractivity contribution is -0.113. The lowest BCUT2D eigenvalue weighted by atomic mass is 9.82. The van der Waals surface area contributed by atoms with Crippen LogP contribution in [0.4, 0.5) is 5.69 Å². The minimum atomic E-state index is -0.687. The summed E-state index contributed by atoms with van der Waals surface area (Å²) in [6.45, 7) is 1.79. The molecule has 2 N–H and O–H groups in total. The Morgan fingerprint density at radius 2 is 1.63 bits per heavy atom. The third-order valence-electron chi connectivity index (χ3n) is 5.58. The molecule has 0 radical (unpaired) electrons. The summed E-state index contributed by atoms with van der Waals surface area (Å²) in [6, 6.07) is 27.6. The maximum absolute atomic E-state index is 13.4. The molecular formula is C28H22ClN3O2S. The van der Waals surface area contributed by atoms with Crippen LogP contribution in [0.1, 0.15) is 28.8 Å². The Morgan fingerprint density at radius 1 is 1.00 bits per heavy atom. The van der Waals surface area contributed by atoms with E-state index in [1.807, 2.05) is 48.5 Å². The summed E-state index contributed by atoms with van der Waals surface area (Å²) in [7, 11) is 0. The lowest BCUT2D eigenvalue weighted by Gasteiger charge is -2.30. The van der Waals surface area contributed by atoms with E-state index in [4.69, 9.17) is 11.6 Å². The number of allylic oxidation sites excluding steroid dienone is 2. The molecule has 3 aromatic carbocycles. The molecule has 0 aromatic heterocycles. The summed E-state index contributed by atoms with van der Waals surface area (Å²) < 4.78 is 0. The number of thioether (sulfide) groups is 1. The first kappa shape index (κ1) is 24.3. The Bertz CT molecular complexity index is 1360. The SMILES string of the molecule is CC1=C(C(=O)Nc2ccccc2)[C@@H](c2ccccc2Cl)C(C#N)=C(SCC(=O)c2ccccc2)N1. The van der Waals surface area contributed by atoms with Crippen molar-refractivity contribution in [2.45, 2.75) is 12.8 Å². The van der Waals surface area contributed by atoms with Crippen LogP contribution in [0.3, 0.4) is 0 Å². The van der Waals surface area contributed by atoms with Crippen molar-refractivity contribution in [1.82, 2.24) is 5.32 Å². The Kier molecular flexibility index (Phi) is 7.71. The standard InChI is InChI=1S/C28H22ClN3O2S/c1-18-25(27(34)32-20-12-6-3-7-13-20)26(21-14-8-9-15-23(21)29)22(16-30)28(31-18)35-17-24(33)19-10-4-2-5-11-19/h2-15,26,31H,17H2,1H3,(H,32,34)/t26-/m0/s1. The summed E-state index contributed by atoms with van der Waals surface area (Å²) >= 11 is 7.79. The fourth-order valence-corrected chi connectivity index (χ4v) is 5.14. The van der Waals surface area contributed by atoms with Gasteiger partial charge in [0.15, 0.2) is 5.78 Å².